The Morgan fingerprint density at radius 2 is 1.38 bits per heavy atom. The van der Waals surface area contributed by atoms with Gasteiger partial charge in [0.15, 0.2) is 6.61 Å². The monoisotopic (exact) mass is 452 g/mol. The quantitative estimate of drug-likeness (QED) is 0.373. The number of hydrogen-bond donors (Lipinski definition) is 2. The number of carbonyl (C=O) groups is 3. The topological polar surface area (TPSA) is 84.5 Å². The summed E-state index contributed by atoms with van der Waals surface area (Å²) in [5.41, 5.74) is 1.91. The van der Waals surface area contributed by atoms with Crippen LogP contribution >= 0.6 is 0 Å². The van der Waals surface area contributed by atoms with E-state index in [4.69, 9.17) is 4.74 Å². The molecule has 0 aliphatic carbocycles. The number of benzene rings is 4. The third-order valence-electron chi connectivity index (χ3n) is 5.34. The Hall–Kier alpha value is -4.45. The third kappa shape index (κ3) is 5.86. The fourth-order valence-electron chi connectivity index (χ4n) is 3.66. The van der Waals surface area contributed by atoms with Gasteiger partial charge in [-0.2, -0.15) is 0 Å². The lowest BCUT2D eigenvalue weighted by Gasteiger charge is -2.19. The summed E-state index contributed by atoms with van der Waals surface area (Å²) in [5.74, 6) is -1.32. The van der Waals surface area contributed by atoms with Gasteiger partial charge in [0.25, 0.3) is 11.8 Å². The zero-order chi connectivity index (χ0) is 23.8. The van der Waals surface area contributed by atoms with Gasteiger partial charge in [-0.1, -0.05) is 84.9 Å². The Morgan fingerprint density at radius 1 is 0.735 bits per heavy atom. The highest BCUT2D eigenvalue weighted by molar-refractivity contribution is 6.02. The number of amides is 2. The van der Waals surface area contributed by atoms with E-state index in [-0.39, 0.29) is 12.3 Å². The van der Waals surface area contributed by atoms with Gasteiger partial charge in [0.2, 0.25) is 0 Å². The van der Waals surface area contributed by atoms with Crippen molar-refractivity contribution in [1.82, 2.24) is 5.32 Å². The smallest absolute Gasteiger partial charge is 0.308 e. The highest BCUT2D eigenvalue weighted by Crippen LogP contribution is 2.23. The average molecular weight is 453 g/mol. The predicted molar refractivity (Wildman–Crippen MR) is 131 cm³/mol. The Labute approximate surface area is 197 Å². The number of rotatable bonds is 8. The van der Waals surface area contributed by atoms with Crippen LogP contribution in [0.1, 0.15) is 28.4 Å². The molecule has 0 radical (unpaired) electrons. The average Bonchev–Trinajstić information content (AvgIpc) is 2.88. The van der Waals surface area contributed by atoms with Crippen molar-refractivity contribution in [3.8, 4) is 0 Å². The highest BCUT2D eigenvalue weighted by atomic mass is 16.5. The van der Waals surface area contributed by atoms with Crippen LogP contribution in [0.5, 0.6) is 0 Å². The van der Waals surface area contributed by atoms with Crippen molar-refractivity contribution in [2.75, 3.05) is 11.9 Å². The van der Waals surface area contributed by atoms with Crippen LogP contribution in [0.25, 0.3) is 10.8 Å². The molecule has 1 unspecified atom stereocenters. The van der Waals surface area contributed by atoms with Crippen LogP contribution in [0.3, 0.4) is 0 Å². The van der Waals surface area contributed by atoms with E-state index in [2.05, 4.69) is 10.6 Å². The Morgan fingerprint density at radius 3 is 2.15 bits per heavy atom. The van der Waals surface area contributed by atoms with Gasteiger partial charge >= 0.3 is 5.97 Å². The van der Waals surface area contributed by atoms with Crippen molar-refractivity contribution >= 4 is 34.2 Å². The summed E-state index contributed by atoms with van der Waals surface area (Å²) in [7, 11) is 0. The molecule has 0 saturated carbocycles. The van der Waals surface area contributed by atoms with Crippen LogP contribution in [0.4, 0.5) is 5.69 Å². The standard InChI is InChI=1S/C28H24N2O4/c31-26(29-24-17-9-15-20-10-7-8-16-23(20)24)19-34-27(32)18-25(21-11-3-1-4-12-21)30-28(33)22-13-5-2-6-14-22/h1-17,25H,18-19H2,(H,29,31)(H,30,33). The van der Waals surface area contributed by atoms with Gasteiger partial charge in [0.05, 0.1) is 12.5 Å². The second-order valence-electron chi connectivity index (χ2n) is 7.74. The molecular formula is C28H24N2O4. The molecule has 6 heteroatoms. The number of hydrogen-bond acceptors (Lipinski definition) is 4. The minimum atomic E-state index is -0.595. The normalized spacial score (nSPS) is 11.4. The second kappa shape index (κ2) is 10.9. The van der Waals surface area contributed by atoms with Crippen molar-refractivity contribution in [2.45, 2.75) is 12.5 Å². The lowest BCUT2D eigenvalue weighted by atomic mass is 10.0. The zero-order valence-electron chi connectivity index (χ0n) is 18.4. The van der Waals surface area contributed by atoms with Crippen LogP contribution in [-0.2, 0) is 14.3 Å². The number of nitrogens with one attached hydrogen (secondary N) is 2. The first-order valence-corrected chi connectivity index (χ1v) is 10.9. The third-order valence-corrected chi connectivity index (χ3v) is 5.34. The molecule has 0 heterocycles. The van der Waals surface area contributed by atoms with Gasteiger partial charge < -0.3 is 15.4 Å². The van der Waals surface area contributed by atoms with E-state index in [0.717, 1.165) is 16.3 Å². The molecule has 0 bridgehead atoms. The molecule has 0 spiro atoms. The molecule has 0 aromatic heterocycles. The largest absolute Gasteiger partial charge is 0.455 e. The van der Waals surface area contributed by atoms with Gasteiger partial charge in [-0.25, -0.2) is 0 Å². The van der Waals surface area contributed by atoms with Crippen LogP contribution in [0.15, 0.2) is 103 Å². The molecule has 0 aliphatic heterocycles. The Bertz CT molecular complexity index is 1280. The van der Waals surface area contributed by atoms with Crippen molar-refractivity contribution in [3.63, 3.8) is 0 Å². The fourth-order valence-corrected chi connectivity index (χ4v) is 3.66. The number of fused-ring (bicyclic) bond motifs is 1. The number of esters is 1. The molecule has 4 aromatic rings. The van der Waals surface area contributed by atoms with Crippen LogP contribution in [0.2, 0.25) is 0 Å². The summed E-state index contributed by atoms with van der Waals surface area (Å²) in [6.45, 7) is -0.420. The van der Waals surface area contributed by atoms with Crippen LogP contribution in [-0.4, -0.2) is 24.4 Å². The lowest BCUT2D eigenvalue weighted by Crippen LogP contribution is -2.31. The molecule has 6 nitrogen and oxygen atoms in total. The fraction of sp³-hybridized carbons (Fsp3) is 0.107. The minimum Gasteiger partial charge on any atom is -0.455 e. The van der Waals surface area contributed by atoms with E-state index in [0.29, 0.717) is 11.3 Å². The van der Waals surface area contributed by atoms with Crippen LogP contribution < -0.4 is 10.6 Å². The molecule has 0 aliphatic rings. The van der Waals surface area contributed by atoms with E-state index in [1.54, 1.807) is 30.3 Å². The molecule has 170 valence electrons. The van der Waals surface area contributed by atoms with E-state index in [1.807, 2.05) is 72.8 Å². The lowest BCUT2D eigenvalue weighted by molar-refractivity contribution is -0.147. The van der Waals surface area contributed by atoms with Crippen molar-refractivity contribution < 1.29 is 19.1 Å². The maximum Gasteiger partial charge on any atom is 0.308 e. The predicted octanol–water partition coefficient (Wildman–Crippen LogP) is 4.88. The number of carbonyl (C=O) groups excluding carboxylic acids is 3. The molecule has 1 atom stereocenters. The molecule has 2 amide bonds. The molecular weight excluding hydrogens is 428 g/mol. The van der Waals surface area contributed by atoms with Gasteiger partial charge in [-0.15, -0.1) is 0 Å². The first-order valence-electron chi connectivity index (χ1n) is 10.9. The summed E-state index contributed by atoms with van der Waals surface area (Å²) in [6.07, 6.45) is -0.107. The van der Waals surface area contributed by atoms with Crippen molar-refractivity contribution in [2.24, 2.45) is 0 Å². The molecule has 4 aromatic carbocycles. The first-order chi connectivity index (χ1) is 16.6. The molecule has 4 rings (SSSR count). The van der Waals surface area contributed by atoms with Crippen molar-refractivity contribution in [3.05, 3.63) is 114 Å². The minimum absolute atomic E-state index is 0.107. The van der Waals surface area contributed by atoms with Gasteiger partial charge in [-0.05, 0) is 29.1 Å². The molecule has 0 saturated heterocycles. The van der Waals surface area contributed by atoms with E-state index in [1.165, 1.54) is 0 Å². The Kier molecular flexibility index (Phi) is 7.30. The van der Waals surface area contributed by atoms with E-state index >= 15 is 0 Å². The van der Waals surface area contributed by atoms with Gasteiger partial charge in [0, 0.05) is 16.6 Å². The summed E-state index contributed by atoms with van der Waals surface area (Å²) in [4.78, 5) is 37.6. The summed E-state index contributed by atoms with van der Waals surface area (Å²) >= 11 is 0. The van der Waals surface area contributed by atoms with Crippen molar-refractivity contribution in [1.29, 1.82) is 0 Å². The SMILES string of the molecule is O=C(COC(=O)CC(NC(=O)c1ccccc1)c1ccccc1)Nc1cccc2ccccc12. The van der Waals surface area contributed by atoms with E-state index < -0.39 is 24.5 Å². The van der Waals surface area contributed by atoms with Crippen LogP contribution in [0, 0.1) is 0 Å². The molecule has 0 fully saturated rings. The van der Waals surface area contributed by atoms with Gasteiger partial charge in [0.1, 0.15) is 0 Å². The maximum atomic E-state index is 12.7. The first kappa shape index (κ1) is 22.7. The maximum absolute atomic E-state index is 12.7. The summed E-state index contributed by atoms with van der Waals surface area (Å²) in [6, 6.07) is 30.7. The highest BCUT2D eigenvalue weighted by Gasteiger charge is 2.21. The molecule has 34 heavy (non-hydrogen) atoms. The summed E-state index contributed by atoms with van der Waals surface area (Å²) in [5, 5.41) is 7.58. The van der Waals surface area contributed by atoms with E-state index in [9.17, 15) is 14.4 Å². The zero-order valence-corrected chi connectivity index (χ0v) is 18.4. The summed E-state index contributed by atoms with van der Waals surface area (Å²) < 4.78 is 5.23. The molecule has 2 N–H and O–H groups in total. The second-order valence-corrected chi connectivity index (χ2v) is 7.74. The Balaban J connectivity index is 1.37. The number of ether oxygens (including phenoxy) is 1. The van der Waals surface area contributed by atoms with Gasteiger partial charge in [-0.3, -0.25) is 14.4 Å². The number of anilines is 1.